The normalized spacial score (nSPS) is 12.0. The summed E-state index contributed by atoms with van der Waals surface area (Å²) in [5, 5.41) is 2.92. The summed E-state index contributed by atoms with van der Waals surface area (Å²) in [4.78, 5) is 2.21. The Morgan fingerprint density at radius 2 is 0.966 bits per heavy atom. The number of para-hydroxylation sites is 1. The molecule has 0 N–H and O–H groups in total. The zero-order valence-electron chi connectivity index (χ0n) is 32.9. The van der Waals surface area contributed by atoms with Crippen LogP contribution in [0.5, 0.6) is 0 Å². The molecule has 0 fully saturated rings. The molecule has 0 aliphatic heterocycles. The Morgan fingerprint density at radius 1 is 0.508 bits per heavy atom. The van der Waals surface area contributed by atoms with E-state index in [4.69, 9.17) is 0 Å². The van der Waals surface area contributed by atoms with Crippen LogP contribution in [-0.4, -0.2) is 17.8 Å². The third kappa shape index (κ3) is 7.26. The molecule has 0 bridgehead atoms. The molecule has 0 saturated carbocycles. The molecule has 59 heavy (non-hydrogen) atoms. The molecular formula is C55H43FGeN2. The van der Waals surface area contributed by atoms with Gasteiger partial charge >= 0.3 is 240 Å². The standard InChI is InChI=1S/C55H43FGeN2/c1-41-24-34-50(35-25-41)58(40-14-23-54-42(2)53-21-12-13-22-55(53)59(54)52-38-30-45(56)31-39-52)51-36-28-44(29-37-51)43-26-32-49(33-27-43)57(46-15-6-3-7-16-46,47-17-8-4-9-18-47)48-19-10-5-11-20-48/h3-40H,2H2,1H3/b40-14+,54-23+. The number of fused-ring (bicyclic) bond motifs is 1. The molecule has 1 heterocycles. The van der Waals surface area contributed by atoms with E-state index in [0.29, 0.717) is 0 Å². The van der Waals surface area contributed by atoms with Crippen LogP contribution >= 0.6 is 0 Å². The monoisotopic (exact) mass is 824 g/mol. The SMILES string of the molecule is C=c1/c(=C\C=C\N(c2ccc(C)cc2)c2ccc(-c3cc[c]([Ge]([c]4ccccc4)([c]4ccccc4)[c]4ccccc4)cc3)cc2)n(-c2ccc(F)cc2)c2ccccc12. The average Bonchev–Trinajstić information content (AvgIpc) is 3.58. The van der Waals surface area contributed by atoms with Crippen LogP contribution in [0.2, 0.25) is 0 Å². The maximum Gasteiger partial charge on any atom is 0.123 e. The Labute approximate surface area is 348 Å². The second-order valence-electron chi connectivity index (χ2n) is 14.9. The number of benzene rings is 8. The predicted molar refractivity (Wildman–Crippen MR) is 250 cm³/mol. The number of aromatic nitrogens is 1. The van der Waals surface area contributed by atoms with Crippen molar-refractivity contribution in [1.82, 2.24) is 4.57 Å². The summed E-state index contributed by atoms with van der Waals surface area (Å²) < 4.78 is 21.7. The Morgan fingerprint density at radius 3 is 1.51 bits per heavy atom. The van der Waals surface area contributed by atoms with Crippen molar-refractivity contribution in [2.24, 2.45) is 0 Å². The molecule has 0 unspecified atom stereocenters. The van der Waals surface area contributed by atoms with E-state index in [1.54, 1.807) is 0 Å². The molecule has 2 nitrogen and oxygen atoms in total. The van der Waals surface area contributed by atoms with Crippen molar-refractivity contribution in [1.29, 1.82) is 0 Å². The predicted octanol–water partition coefficient (Wildman–Crippen LogP) is 9.67. The zero-order chi connectivity index (χ0) is 40.2. The molecule has 0 aliphatic carbocycles. The van der Waals surface area contributed by atoms with Crippen LogP contribution < -0.4 is 33.1 Å². The topological polar surface area (TPSA) is 8.17 Å². The number of allylic oxidation sites excluding steroid dienone is 1. The Bertz CT molecular complexity index is 2880. The fourth-order valence-corrected chi connectivity index (χ4v) is 18.4. The Balaban J connectivity index is 1.09. The number of hydrogen-bond acceptors (Lipinski definition) is 1. The number of rotatable bonds is 10. The molecule has 1 aromatic heterocycles. The van der Waals surface area contributed by atoms with Crippen LogP contribution in [0, 0.1) is 12.7 Å². The summed E-state index contributed by atoms with van der Waals surface area (Å²) in [6.07, 6.45) is 6.26. The van der Waals surface area contributed by atoms with Gasteiger partial charge in [-0.25, -0.2) is 4.39 Å². The third-order valence-corrected chi connectivity index (χ3v) is 21.4. The first-order valence-electron chi connectivity index (χ1n) is 20.0. The van der Waals surface area contributed by atoms with Crippen LogP contribution in [0.1, 0.15) is 5.56 Å². The molecule has 0 spiro atoms. The van der Waals surface area contributed by atoms with E-state index < -0.39 is 13.3 Å². The molecule has 0 aliphatic rings. The summed E-state index contributed by atoms with van der Waals surface area (Å²) in [6.45, 7) is 6.57. The van der Waals surface area contributed by atoms with E-state index in [1.807, 2.05) is 24.3 Å². The van der Waals surface area contributed by atoms with Crippen molar-refractivity contribution in [2.45, 2.75) is 6.92 Å². The molecule has 0 radical (unpaired) electrons. The molecule has 9 aromatic rings. The van der Waals surface area contributed by atoms with E-state index >= 15 is 0 Å². The van der Waals surface area contributed by atoms with E-state index in [-0.39, 0.29) is 5.82 Å². The van der Waals surface area contributed by atoms with Crippen LogP contribution in [0.4, 0.5) is 15.8 Å². The van der Waals surface area contributed by atoms with Gasteiger partial charge in [0, 0.05) is 16.3 Å². The van der Waals surface area contributed by atoms with E-state index in [2.05, 4.69) is 217 Å². The largest absolute Gasteiger partial charge is 0.309 e. The number of nitrogens with zero attached hydrogens (tertiary/aromatic N) is 2. The Kier molecular flexibility index (Phi) is 10.5. The first-order chi connectivity index (χ1) is 29.0. The summed E-state index contributed by atoms with van der Waals surface area (Å²) in [5.41, 5.74) is 7.53. The molecule has 284 valence electrons. The molecule has 9 rings (SSSR count). The first kappa shape index (κ1) is 37.6. The summed E-state index contributed by atoms with van der Waals surface area (Å²) in [5.74, 6) is -0.263. The van der Waals surface area contributed by atoms with E-state index in [1.165, 1.54) is 40.8 Å². The zero-order valence-corrected chi connectivity index (χ0v) is 35.0. The minimum atomic E-state index is -3.34. The van der Waals surface area contributed by atoms with Crippen molar-refractivity contribution in [3.63, 3.8) is 0 Å². The first-order valence-corrected chi connectivity index (χ1v) is 24.2. The van der Waals surface area contributed by atoms with Crippen LogP contribution in [-0.2, 0) is 0 Å². The summed E-state index contributed by atoms with van der Waals surface area (Å²) in [7, 11) is 0. The van der Waals surface area contributed by atoms with Gasteiger partial charge in [-0.1, -0.05) is 30.3 Å². The molecule has 8 aromatic carbocycles. The van der Waals surface area contributed by atoms with Gasteiger partial charge in [0.25, 0.3) is 0 Å². The van der Waals surface area contributed by atoms with Gasteiger partial charge in [0.15, 0.2) is 0 Å². The molecule has 0 atom stereocenters. The number of halogens is 1. The number of aryl methyl sites for hydroxylation is 1. The number of hydrogen-bond donors (Lipinski definition) is 0. The summed E-state index contributed by atoms with van der Waals surface area (Å²) in [6, 6.07) is 74.9. The van der Waals surface area contributed by atoms with Gasteiger partial charge in [0.2, 0.25) is 0 Å². The van der Waals surface area contributed by atoms with E-state index in [0.717, 1.165) is 44.1 Å². The average molecular weight is 824 g/mol. The van der Waals surface area contributed by atoms with Crippen molar-refractivity contribution in [2.75, 3.05) is 4.90 Å². The van der Waals surface area contributed by atoms with Gasteiger partial charge < -0.3 is 4.57 Å². The quantitative estimate of drug-likeness (QED) is 0.125. The minimum Gasteiger partial charge on any atom is -0.309 e. The fraction of sp³-hybridized carbons (Fsp3) is 0.0182. The van der Waals surface area contributed by atoms with Gasteiger partial charge in [-0.15, -0.1) is 0 Å². The minimum absolute atomic E-state index is 0.263. The maximum absolute atomic E-state index is 14.0. The number of anilines is 2. The Hall–Kier alpha value is -6.95. The summed E-state index contributed by atoms with van der Waals surface area (Å²) >= 11 is -3.34. The van der Waals surface area contributed by atoms with Crippen LogP contribution in [0.3, 0.4) is 0 Å². The molecule has 0 amide bonds. The molecule has 0 saturated heterocycles. The van der Waals surface area contributed by atoms with Gasteiger partial charge in [0.05, 0.1) is 10.9 Å². The van der Waals surface area contributed by atoms with Gasteiger partial charge in [-0.05, 0) is 37.3 Å². The second-order valence-corrected chi connectivity index (χ2v) is 22.9. The fourth-order valence-electron chi connectivity index (χ4n) is 8.41. The van der Waals surface area contributed by atoms with Crippen LogP contribution in [0.25, 0.3) is 40.4 Å². The van der Waals surface area contributed by atoms with Crippen LogP contribution in [0.15, 0.2) is 225 Å². The third-order valence-electron chi connectivity index (χ3n) is 11.3. The van der Waals surface area contributed by atoms with E-state index in [9.17, 15) is 4.39 Å². The molecule has 4 heteroatoms. The van der Waals surface area contributed by atoms with Crippen molar-refractivity contribution >= 4 is 65.8 Å². The van der Waals surface area contributed by atoms with Gasteiger partial charge in [-0.2, -0.15) is 0 Å². The smallest absolute Gasteiger partial charge is 0.123 e. The van der Waals surface area contributed by atoms with Gasteiger partial charge in [0.1, 0.15) is 5.82 Å². The van der Waals surface area contributed by atoms with Gasteiger partial charge in [-0.3, -0.25) is 0 Å². The second kappa shape index (κ2) is 16.5. The van der Waals surface area contributed by atoms with Crippen molar-refractivity contribution in [3.8, 4) is 16.8 Å². The van der Waals surface area contributed by atoms with Crippen molar-refractivity contribution in [3.05, 3.63) is 247 Å². The maximum atomic E-state index is 14.0. The van der Waals surface area contributed by atoms with Crippen molar-refractivity contribution < 1.29 is 4.39 Å². The molecular weight excluding hydrogens is 780 g/mol.